The molecule has 2 rings (SSSR count). The van der Waals surface area contributed by atoms with Crippen LogP contribution in [0, 0.1) is 6.92 Å². The molecule has 0 aromatic carbocycles. The van der Waals surface area contributed by atoms with Crippen LogP contribution in [-0.2, 0) is 0 Å². The zero-order valence-corrected chi connectivity index (χ0v) is 11.3. The normalized spacial score (nSPS) is 10.1. The molecule has 0 spiro atoms. The van der Waals surface area contributed by atoms with E-state index < -0.39 is 0 Å². The van der Waals surface area contributed by atoms with Gasteiger partial charge in [0.05, 0.1) is 5.69 Å². The summed E-state index contributed by atoms with van der Waals surface area (Å²) in [6, 6.07) is 5.25. The van der Waals surface area contributed by atoms with E-state index in [2.05, 4.69) is 20.6 Å². The molecule has 0 unspecified atom stereocenters. The Morgan fingerprint density at radius 2 is 2.11 bits per heavy atom. The van der Waals surface area contributed by atoms with E-state index in [1.165, 1.54) is 0 Å². The predicted octanol–water partition coefficient (Wildman–Crippen LogP) is 2.54. The predicted molar refractivity (Wildman–Crippen MR) is 74.9 cm³/mol. The minimum absolute atomic E-state index is 0.249. The van der Waals surface area contributed by atoms with Crippen LogP contribution in [0.1, 0.15) is 16.1 Å². The number of anilines is 2. The summed E-state index contributed by atoms with van der Waals surface area (Å²) in [5.41, 5.74) is 2.67. The molecule has 0 saturated heterocycles. The Kier molecular flexibility index (Phi) is 3.97. The Bertz CT molecular complexity index is 615. The van der Waals surface area contributed by atoms with Gasteiger partial charge in [0.1, 0.15) is 5.15 Å². The zero-order chi connectivity index (χ0) is 13.8. The van der Waals surface area contributed by atoms with Gasteiger partial charge in [-0.15, -0.1) is 0 Å². The van der Waals surface area contributed by atoms with Crippen LogP contribution in [0.2, 0.25) is 5.15 Å². The summed E-state index contributed by atoms with van der Waals surface area (Å²) < 4.78 is 0. The maximum absolute atomic E-state index is 11.7. The fraction of sp³-hybridized carbons (Fsp3) is 0.154. The van der Waals surface area contributed by atoms with Crippen molar-refractivity contribution in [2.75, 3.05) is 12.4 Å². The van der Waals surface area contributed by atoms with Crippen LogP contribution in [-0.4, -0.2) is 22.9 Å². The van der Waals surface area contributed by atoms with Crippen molar-refractivity contribution in [3.05, 3.63) is 47.0 Å². The number of hydrogen-bond acceptors (Lipinski definition) is 4. The Morgan fingerprint density at radius 1 is 1.32 bits per heavy atom. The van der Waals surface area contributed by atoms with Gasteiger partial charge >= 0.3 is 0 Å². The molecule has 0 aliphatic heterocycles. The highest BCUT2D eigenvalue weighted by Crippen LogP contribution is 2.24. The van der Waals surface area contributed by atoms with E-state index in [4.69, 9.17) is 11.6 Å². The number of nitrogens with one attached hydrogen (secondary N) is 2. The first-order chi connectivity index (χ1) is 9.11. The van der Waals surface area contributed by atoms with E-state index in [1.54, 1.807) is 37.6 Å². The fourth-order valence-electron chi connectivity index (χ4n) is 1.58. The summed E-state index contributed by atoms with van der Waals surface area (Å²) in [7, 11) is 1.56. The standard InChI is InChI=1S/C13H13ClN4O/c1-8-7-17-11(14)6-10(8)18-9-4-3-5-16-12(9)13(19)15-2/h3-7H,1-2H3,(H,15,19)(H,17,18). The van der Waals surface area contributed by atoms with E-state index >= 15 is 0 Å². The molecule has 0 aliphatic carbocycles. The molecule has 0 radical (unpaired) electrons. The number of aryl methyl sites for hydroxylation is 1. The number of nitrogens with zero attached hydrogens (tertiary/aromatic N) is 2. The second-order valence-electron chi connectivity index (χ2n) is 3.93. The Hall–Kier alpha value is -2.14. The first-order valence-electron chi connectivity index (χ1n) is 5.68. The third-order valence-electron chi connectivity index (χ3n) is 2.59. The van der Waals surface area contributed by atoms with Gasteiger partial charge in [-0.25, -0.2) is 9.97 Å². The van der Waals surface area contributed by atoms with Crippen LogP contribution in [0.15, 0.2) is 30.6 Å². The smallest absolute Gasteiger partial charge is 0.271 e. The summed E-state index contributed by atoms with van der Waals surface area (Å²) in [4.78, 5) is 19.8. The van der Waals surface area contributed by atoms with Gasteiger partial charge in [0, 0.05) is 25.1 Å². The van der Waals surface area contributed by atoms with Gasteiger partial charge in [-0.3, -0.25) is 4.79 Å². The highest BCUT2D eigenvalue weighted by atomic mass is 35.5. The minimum atomic E-state index is -0.249. The molecule has 2 aromatic rings. The van der Waals surface area contributed by atoms with Crippen LogP contribution in [0.25, 0.3) is 0 Å². The molecule has 19 heavy (non-hydrogen) atoms. The van der Waals surface area contributed by atoms with Gasteiger partial charge in [-0.2, -0.15) is 0 Å². The van der Waals surface area contributed by atoms with Crippen molar-refractivity contribution in [3.8, 4) is 0 Å². The molecular formula is C13H13ClN4O. The molecule has 0 bridgehead atoms. The molecule has 0 atom stereocenters. The van der Waals surface area contributed by atoms with Gasteiger partial charge in [0.25, 0.3) is 5.91 Å². The van der Waals surface area contributed by atoms with Crippen molar-refractivity contribution in [1.82, 2.24) is 15.3 Å². The van der Waals surface area contributed by atoms with Gasteiger partial charge < -0.3 is 10.6 Å². The lowest BCUT2D eigenvalue weighted by Gasteiger charge is -2.12. The number of rotatable bonds is 3. The molecule has 5 nitrogen and oxygen atoms in total. The number of pyridine rings is 2. The van der Waals surface area contributed by atoms with Crippen molar-refractivity contribution < 1.29 is 4.79 Å². The first-order valence-corrected chi connectivity index (χ1v) is 6.06. The van der Waals surface area contributed by atoms with Crippen molar-refractivity contribution in [2.45, 2.75) is 6.92 Å². The Morgan fingerprint density at radius 3 is 2.84 bits per heavy atom. The van der Waals surface area contributed by atoms with Crippen molar-refractivity contribution >= 4 is 28.9 Å². The molecule has 0 saturated carbocycles. The third kappa shape index (κ3) is 3.00. The molecule has 6 heteroatoms. The molecule has 0 aliphatic rings. The quantitative estimate of drug-likeness (QED) is 0.846. The summed E-state index contributed by atoms with van der Waals surface area (Å²) in [6.07, 6.45) is 3.24. The lowest BCUT2D eigenvalue weighted by atomic mass is 10.2. The molecule has 2 heterocycles. The third-order valence-corrected chi connectivity index (χ3v) is 2.80. The summed E-state index contributed by atoms with van der Waals surface area (Å²) in [5, 5.41) is 6.09. The highest BCUT2D eigenvalue weighted by molar-refractivity contribution is 6.29. The average Bonchev–Trinajstić information content (AvgIpc) is 2.42. The van der Waals surface area contributed by atoms with Crippen LogP contribution >= 0.6 is 11.6 Å². The molecule has 2 aromatic heterocycles. The van der Waals surface area contributed by atoms with E-state index in [0.717, 1.165) is 11.3 Å². The van der Waals surface area contributed by atoms with Gasteiger partial charge in [0.15, 0.2) is 5.69 Å². The van der Waals surface area contributed by atoms with Crippen molar-refractivity contribution in [2.24, 2.45) is 0 Å². The second kappa shape index (κ2) is 5.67. The Balaban J connectivity index is 2.38. The van der Waals surface area contributed by atoms with E-state index in [1.807, 2.05) is 6.92 Å². The SMILES string of the molecule is CNC(=O)c1ncccc1Nc1cc(Cl)ncc1C. The van der Waals surface area contributed by atoms with E-state index in [0.29, 0.717) is 16.5 Å². The van der Waals surface area contributed by atoms with Gasteiger partial charge in [0.2, 0.25) is 0 Å². The summed E-state index contributed by atoms with van der Waals surface area (Å²) in [6.45, 7) is 1.90. The molecule has 0 fully saturated rings. The van der Waals surface area contributed by atoms with Crippen LogP contribution in [0.4, 0.5) is 11.4 Å². The fourth-order valence-corrected chi connectivity index (χ4v) is 1.74. The number of aromatic nitrogens is 2. The van der Waals surface area contributed by atoms with Crippen molar-refractivity contribution in [3.63, 3.8) is 0 Å². The summed E-state index contributed by atoms with van der Waals surface area (Å²) in [5.74, 6) is -0.249. The highest BCUT2D eigenvalue weighted by Gasteiger charge is 2.12. The number of carbonyl (C=O) groups is 1. The molecule has 1 amide bonds. The van der Waals surface area contributed by atoms with E-state index in [-0.39, 0.29) is 5.91 Å². The van der Waals surface area contributed by atoms with Crippen LogP contribution in [0.5, 0.6) is 0 Å². The largest absolute Gasteiger partial charge is 0.354 e. The van der Waals surface area contributed by atoms with Gasteiger partial charge in [-0.05, 0) is 30.7 Å². The number of amides is 1. The minimum Gasteiger partial charge on any atom is -0.354 e. The van der Waals surface area contributed by atoms with E-state index in [9.17, 15) is 4.79 Å². The lowest BCUT2D eigenvalue weighted by molar-refractivity contribution is 0.0959. The zero-order valence-electron chi connectivity index (χ0n) is 10.6. The lowest BCUT2D eigenvalue weighted by Crippen LogP contribution is -2.20. The van der Waals surface area contributed by atoms with Gasteiger partial charge in [-0.1, -0.05) is 11.6 Å². The maximum Gasteiger partial charge on any atom is 0.271 e. The average molecular weight is 277 g/mol. The number of hydrogen-bond donors (Lipinski definition) is 2. The first kappa shape index (κ1) is 13.3. The van der Waals surface area contributed by atoms with Crippen molar-refractivity contribution in [1.29, 1.82) is 0 Å². The number of carbonyl (C=O) groups excluding carboxylic acids is 1. The molecule has 98 valence electrons. The topological polar surface area (TPSA) is 66.9 Å². The molecular weight excluding hydrogens is 264 g/mol. The van der Waals surface area contributed by atoms with Crippen LogP contribution in [0.3, 0.4) is 0 Å². The summed E-state index contributed by atoms with van der Waals surface area (Å²) >= 11 is 5.87. The number of halogens is 1. The monoisotopic (exact) mass is 276 g/mol. The maximum atomic E-state index is 11.7. The molecule has 2 N–H and O–H groups in total. The van der Waals surface area contributed by atoms with Crippen LogP contribution < -0.4 is 10.6 Å². The Labute approximate surface area is 116 Å². The second-order valence-corrected chi connectivity index (χ2v) is 4.31.